The Kier molecular flexibility index (Phi) is 6.26. The Hall–Kier alpha value is -3.20. The van der Waals surface area contributed by atoms with Gasteiger partial charge in [-0.25, -0.2) is 14.8 Å². The van der Waals surface area contributed by atoms with Crippen molar-refractivity contribution < 1.29 is 14.3 Å². The minimum Gasteiger partial charge on any atom is -0.446 e. The van der Waals surface area contributed by atoms with Crippen LogP contribution in [0.15, 0.2) is 42.7 Å². The number of likely N-dealkylation sites (tertiary alicyclic amines) is 1. The average Bonchev–Trinajstić information content (AvgIpc) is 3.27. The first-order valence-electron chi connectivity index (χ1n) is 13.5. The number of rotatable bonds is 5. The van der Waals surface area contributed by atoms with E-state index < -0.39 is 0 Å². The second-order valence-electron chi connectivity index (χ2n) is 11.4. The van der Waals surface area contributed by atoms with E-state index in [4.69, 9.17) is 4.74 Å². The van der Waals surface area contributed by atoms with Crippen molar-refractivity contribution in [1.29, 1.82) is 0 Å². The Labute approximate surface area is 218 Å². The van der Waals surface area contributed by atoms with E-state index in [-0.39, 0.29) is 30.2 Å². The summed E-state index contributed by atoms with van der Waals surface area (Å²) in [6, 6.07) is 10.6. The van der Waals surface area contributed by atoms with E-state index in [1.54, 1.807) is 17.3 Å². The van der Waals surface area contributed by atoms with Crippen LogP contribution in [0.1, 0.15) is 45.1 Å². The van der Waals surface area contributed by atoms with Gasteiger partial charge in [0.1, 0.15) is 6.10 Å². The molecule has 6 rings (SSSR count). The first-order chi connectivity index (χ1) is 17.9. The second kappa shape index (κ2) is 9.59. The lowest BCUT2D eigenvalue weighted by Crippen LogP contribution is -2.65. The van der Waals surface area contributed by atoms with E-state index in [2.05, 4.69) is 63.9 Å². The van der Waals surface area contributed by atoms with Crippen molar-refractivity contribution in [1.82, 2.24) is 19.8 Å². The quantitative estimate of drug-likeness (QED) is 0.618. The lowest BCUT2D eigenvalue weighted by molar-refractivity contribution is -0.137. The SMILES string of the molecule is C[C@@H]1CN(c2ncc(N3CCCC3=O)cn2)C[C@H](C)N1C(=O)OC1CC2(C1)CN(Cc1ccccc1)C2. The van der Waals surface area contributed by atoms with Gasteiger partial charge in [-0.05, 0) is 38.7 Å². The second-order valence-corrected chi connectivity index (χ2v) is 11.4. The van der Waals surface area contributed by atoms with E-state index in [9.17, 15) is 9.59 Å². The minimum absolute atomic E-state index is 0.0150. The topological polar surface area (TPSA) is 82.1 Å². The van der Waals surface area contributed by atoms with Crippen molar-refractivity contribution in [3.63, 3.8) is 0 Å². The summed E-state index contributed by atoms with van der Waals surface area (Å²) in [5, 5.41) is 0. The molecule has 0 unspecified atom stereocenters. The third-order valence-corrected chi connectivity index (χ3v) is 8.38. The van der Waals surface area contributed by atoms with Gasteiger partial charge in [-0.15, -0.1) is 0 Å². The predicted octanol–water partition coefficient (Wildman–Crippen LogP) is 3.30. The molecule has 1 spiro atoms. The number of carbonyl (C=O) groups excluding carboxylic acids is 2. The molecule has 2 amide bonds. The van der Waals surface area contributed by atoms with Gasteiger partial charge in [0.15, 0.2) is 0 Å². The van der Waals surface area contributed by atoms with Crippen molar-refractivity contribution in [3.05, 3.63) is 48.3 Å². The van der Waals surface area contributed by atoms with Crippen LogP contribution in [0.4, 0.5) is 16.4 Å². The third-order valence-electron chi connectivity index (χ3n) is 8.38. The number of nitrogens with zero attached hydrogens (tertiary/aromatic N) is 6. The van der Waals surface area contributed by atoms with E-state index in [0.717, 1.165) is 51.1 Å². The zero-order valence-electron chi connectivity index (χ0n) is 21.8. The molecule has 4 fully saturated rings. The highest BCUT2D eigenvalue weighted by molar-refractivity contribution is 5.95. The molecular formula is C28H36N6O3. The number of hydrogen-bond donors (Lipinski definition) is 0. The highest BCUT2D eigenvalue weighted by Crippen LogP contribution is 2.50. The van der Waals surface area contributed by atoms with Gasteiger partial charge in [0.2, 0.25) is 11.9 Å². The van der Waals surface area contributed by atoms with Gasteiger partial charge in [0, 0.05) is 51.1 Å². The molecule has 1 aliphatic carbocycles. The first-order valence-corrected chi connectivity index (χ1v) is 13.5. The predicted molar refractivity (Wildman–Crippen MR) is 140 cm³/mol. The fourth-order valence-corrected chi connectivity index (χ4v) is 6.69. The lowest BCUT2D eigenvalue weighted by Gasteiger charge is -2.58. The molecule has 196 valence electrons. The maximum absolute atomic E-state index is 13.1. The molecule has 2 atom stereocenters. The first kappa shape index (κ1) is 24.2. The summed E-state index contributed by atoms with van der Waals surface area (Å²) < 4.78 is 5.96. The summed E-state index contributed by atoms with van der Waals surface area (Å²) in [5.41, 5.74) is 2.44. The van der Waals surface area contributed by atoms with Gasteiger partial charge in [-0.3, -0.25) is 14.6 Å². The standard InChI is InChI=1S/C28H36N6O3/c1-20-15-32(26-29-13-23(14-30-26)33-10-6-9-25(33)35)16-21(2)34(20)27(36)37-24-11-28(12-24)18-31(19-28)17-22-7-4-3-5-8-22/h3-5,7-8,13-14,20-21,24H,6,9-12,15-19H2,1-2H3/t20-,21+. The van der Waals surface area contributed by atoms with Gasteiger partial charge in [0.25, 0.3) is 0 Å². The van der Waals surface area contributed by atoms with Crippen LogP contribution >= 0.6 is 0 Å². The molecule has 2 aromatic rings. The number of ether oxygens (including phenoxy) is 1. The number of carbonyl (C=O) groups is 2. The molecule has 37 heavy (non-hydrogen) atoms. The summed E-state index contributed by atoms with van der Waals surface area (Å²) in [7, 11) is 0. The minimum atomic E-state index is -0.205. The average molecular weight is 505 g/mol. The molecule has 4 aliphatic rings. The molecule has 0 radical (unpaired) electrons. The Morgan fingerprint density at radius 3 is 2.35 bits per heavy atom. The number of aromatic nitrogens is 2. The van der Waals surface area contributed by atoms with Crippen molar-refractivity contribution in [2.45, 2.75) is 64.3 Å². The van der Waals surface area contributed by atoms with Crippen LogP contribution < -0.4 is 9.80 Å². The van der Waals surface area contributed by atoms with Crippen molar-refractivity contribution >= 4 is 23.6 Å². The van der Waals surface area contributed by atoms with Crippen molar-refractivity contribution in [2.75, 3.05) is 42.5 Å². The molecule has 3 saturated heterocycles. The Bertz CT molecular complexity index is 1120. The van der Waals surface area contributed by atoms with Crippen LogP contribution in [-0.2, 0) is 16.1 Å². The maximum Gasteiger partial charge on any atom is 0.410 e. The number of benzene rings is 1. The maximum atomic E-state index is 13.1. The van der Waals surface area contributed by atoms with Gasteiger partial charge < -0.3 is 14.5 Å². The summed E-state index contributed by atoms with van der Waals surface area (Å²) in [6.45, 7) is 9.29. The van der Waals surface area contributed by atoms with Gasteiger partial charge >= 0.3 is 6.09 Å². The molecule has 1 aromatic carbocycles. The molecule has 4 heterocycles. The molecule has 0 N–H and O–H groups in total. The summed E-state index contributed by atoms with van der Waals surface area (Å²) in [4.78, 5) is 42.4. The van der Waals surface area contributed by atoms with E-state index >= 15 is 0 Å². The van der Waals surface area contributed by atoms with Crippen LogP contribution in [0.2, 0.25) is 0 Å². The molecule has 9 heteroatoms. The number of hydrogen-bond acceptors (Lipinski definition) is 7. The van der Waals surface area contributed by atoms with Crippen LogP contribution in [0, 0.1) is 5.41 Å². The third kappa shape index (κ3) is 4.77. The Balaban J connectivity index is 0.978. The zero-order valence-corrected chi connectivity index (χ0v) is 21.8. The molecule has 3 aliphatic heterocycles. The zero-order chi connectivity index (χ0) is 25.6. The Morgan fingerprint density at radius 1 is 1.05 bits per heavy atom. The molecule has 9 nitrogen and oxygen atoms in total. The van der Waals surface area contributed by atoms with E-state index in [1.165, 1.54) is 5.56 Å². The smallest absolute Gasteiger partial charge is 0.410 e. The summed E-state index contributed by atoms with van der Waals surface area (Å²) >= 11 is 0. The van der Waals surface area contributed by atoms with Gasteiger partial charge in [0.05, 0.1) is 30.2 Å². The van der Waals surface area contributed by atoms with Gasteiger partial charge in [-0.1, -0.05) is 30.3 Å². The summed E-state index contributed by atoms with van der Waals surface area (Å²) in [6.07, 6.45) is 6.67. The van der Waals surface area contributed by atoms with E-state index in [0.29, 0.717) is 30.9 Å². The van der Waals surface area contributed by atoms with Crippen LogP contribution in [0.25, 0.3) is 0 Å². The monoisotopic (exact) mass is 504 g/mol. The lowest BCUT2D eigenvalue weighted by atomic mass is 9.61. The van der Waals surface area contributed by atoms with Crippen molar-refractivity contribution in [2.24, 2.45) is 5.41 Å². The number of amides is 2. The molecule has 1 aromatic heterocycles. The summed E-state index contributed by atoms with van der Waals surface area (Å²) in [5.74, 6) is 0.762. The van der Waals surface area contributed by atoms with Crippen LogP contribution in [0.3, 0.4) is 0 Å². The number of piperazine rings is 1. The number of anilines is 2. The van der Waals surface area contributed by atoms with Gasteiger partial charge in [-0.2, -0.15) is 0 Å². The molecule has 1 saturated carbocycles. The van der Waals surface area contributed by atoms with Crippen LogP contribution in [-0.4, -0.2) is 82.7 Å². The highest BCUT2D eigenvalue weighted by atomic mass is 16.6. The largest absolute Gasteiger partial charge is 0.446 e. The van der Waals surface area contributed by atoms with E-state index in [1.807, 2.05) is 4.90 Å². The van der Waals surface area contributed by atoms with Crippen molar-refractivity contribution in [3.8, 4) is 0 Å². The van der Waals surface area contributed by atoms with Crippen LogP contribution in [0.5, 0.6) is 0 Å². The fraction of sp³-hybridized carbons (Fsp3) is 0.571. The normalized spacial score (nSPS) is 25.8. The highest BCUT2D eigenvalue weighted by Gasteiger charge is 2.54. The molecular weight excluding hydrogens is 468 g/mol. The fourth-order valence-electron chi connectivity index (χ4n) is 6.69. The Morgan fingerprint density at radius 2 is 1.73 bits per heavy atom. The molecule has 0 bridgehead atoms.